The van der Waals surface area contributed by atoms with Crippen molar-refractivity contribution in [2.45, 2.75) is 45.4 Å². The standard InChI is InChI=1S/C29H29NO8/c1-3-38-21-7-4-6-16(27(21)35)23-15-9-10-17-24(29(37)30(28(17)36)11-5-8-22(32)33)18(15)13-19-20(31)12-14(2)26(34)25(19)23/h4,6-7,9,12,17-18,23-24,35H,3,5,8,10-11,13H2,1-2H3,(H,32,33)/t17-,18+,23+,24-/m0/s1. The van der Waals surface area contributed by atoms with Gasteiger partial charge in [-0.2, -0.15) is 0 Å². The number of rotatable bonds is 7. The maximum Gasteiger partial charge on any atom is 0.303 e. The van der Waals surface area contributed by atoms with Crippen molar-refractivity contribution in [3.63, 3.8) is 0 Å². The van der Waals surface area contributed by atoms with E-state index in [1.807, 2.05) is 6.08 Å². The Balaban J connectivity index is 1.60. The van der Waals surface area contributed by atoms with Crippen LogP contribution in [-0.4, -0.2) is 57.6 Å². The number of ether oxygens (including phenoxy) is 1. The summed E-state index contributed by atoms with van der Waals surface area (Å²) in [5.41, 5.74) is 2.06. The Morgan fingerprint density at radius 1 is 1.13 bits per heavy atom. The van der Waals surface area contributed by atoms with Crippen molar-refractivity contribution in [2.24, 2.45) is 17.8 Å². The number of fused-ring (bicyclic) bond motifs is 3. The topological polar surface area (TPSA) is 138 Å². The van der Waals surface area contributed by atoms with Crippen LogP contribution in [0.4, 0.5) is 0 Å². The van der Waals surface area contributed by atoms with Crippen LogP contribution in [0.25, 0.3) is 0 Å². The molecule has 9 nitrogen and oxygen atoms in total. The van der Waals surface area contributed by atoms with Gasteiger partial charge in [-0.05, 0) is 51.2 Å². The molecule has 1 heterocycles. The van der Waals surface area contributed by atoms with E-state index in [4.69, 9.17) is 9.84 Å². The zero-order valence-corrected chi connectivity index (χ0v) is 21.2. The van der Waals surface area contributed by atoms with Crippen molar-refractivity contribution in [3.05, 3.63) is 58.2 Å². The molecule has 1 aliphatic heterocycles. The Labute approximate surface area is 219 Å². The van der Waals surface area contributed by atoms with Gasteiger partial charge in [0.25, 0.3) is 0 Å². The second kappa shape index (κ2) is 9.70. The lowest BCUT2D eigenvalue weighted by Crippen LogP contribution is -2.40. The number of hydrogen-bond donors (Lipinski definition) is 2. The van der Waals surface area contributed by atoms with Crippen molar-refractivity contribution < 1.29 is 38.9 Å². The summed E-state index contributed by atoms with van der Waals surface area (Å²) < 4.78 is 5.58. The average molecular weight is 520 g/mol. The van der Waals surface area contributed by atoms with Crippen molar-refractivity contribution in [1.29, 1.82) is 0 Å². The van der Waals surface area contributed by atoms with Crippen LogP contribution < -0.4 is 4.74 Å². The second-order valence-electron chi connectivity index (χ2n) is 10.2. The van der Waals surface area contributed by atoms with Gasteiger partial charge in [-0.15, -0.1) is 0 Å². The van der Waals surface area contributed by atoms with Gasteiger partial charge in [0, 0.05) is 41.2 Å². The fourth-order valence-corrected chi connectivity index (χ4v) is 6.43. The van der Waals surface area contributed by atoms with E-state index in [0.29, 0.717) is 28.9 Å². The monoisotopic (exact) mass is 519 g/mol. The first-order chi connectivity index (χ1) is 18.1. The highest BCUT2D eigenvalue weighted by Crippen LogP contribution is 2.56. The molecule has 1 aromatic rings. The number of imide groups is 1. The molecule has 0 bridgehead atoms. The molecular weight excluding hydrogens is 490 g/mol. The number of likely N-dealkylation sites (tertiary alicyclic amines) is 1. The van der Waals surface area contributed by atoms with Gasteiger partial charge in [-0.3, -0.25) is 28.9 Å². The zero-order chi connectivity index (χ0) is 27.3. The van der Waals surface area contributed by atoms with Gasteiger partial charge in [0.1, 0.15) is 0 Å². The summed E-state index contributed by atoms with van der Waals surface area (Å²) in [6.07, 6.45) is 3.60. The number of aromatic hydroxyl groups is 1. The van der Waals surface area contributed by atoms with Crippen LogP contribution in [0.3, 0.4) is 0 Å². The van der Waals surface area contributed by atoms with Crippen molar-refractivity contribution in [2.75, 3.05) is 13.2 Å². The Morgan fingerprint density at radius 3 is 2.61 bits per heavy atom. The van der Waals surface area contributed by atoms with Crippen LogP contribution in [0, 0.1) is 17.8 Å². The fourth-order valence-electron chi connectivity index (χ4n) is 6.43. The van der Waals surface area contributed by atoms with Crippen molar-refractivity contribution in [3.8, 4) is 11.5 Å². The summed E-state index contributed by atoms with van der Waals surface area (Å²) >= 11 is 0. The third-order valence-electron chi connectivity index (χ3n) is 8.07. The largest absolute Gasteiger partial charge is 0.504 e. The van der Waals surface area contributed by atoms with E-state index < -0.39 is 29.6 Å². The van der Waals surface area contributed by atoms with Crippen LogP contribution in [0.1, 0.15) is 51.0 Å². The number of ketones is 2. The third-order valence-corrected chi connectivity index (χ3v) is 8.07. The van der Waals surface area contributed by atoms with Crippen LogP contribution >= 0.6 is 0 Å². The fraction of sp³-hybridized carbons (Fsp3) is 0.414. The molecule has 0 spiro atoms. The van der Waals surface area contributed by atoms with E-state index in [1.165, 1.54) is 6.08 Å². The molecule has 4 aliphatic rings. The van der Waals surface area contributed by atoms with E-state index in [2.05, 4.69) is 0 Å². The van der Waals surface area contributed by atoms with E-state index in [0.717, 1.165) is 10.5 Å². The predicted octanol–water partition coefficient (Wildman–Crippen LogP) is 3.09. The minimum Gasteiger partial charge on any atom is -0.504 e. The number of para-hydroxylation sites is 1. The van der Waals surface area contributed by atoms with Crippen LogP contribution in [0.2, 0.25) is 0 Å². The van der Waals surface area contributed by atoms with Gasteiger partial charge >= 0.3 is 5.97 Å². The number of carboxylic acid groups (broad SMARTS) is 1. The lowest BCUT2D eigenvalue weighted by atomic mass is 9.59. The number of amides is 2. The molecule has 0 aromatic heterocycles. The number of carbonyl (C=O) groups is 5. The first-order valence-corrected chi connectivity index (χ1v) is 12.9. The van der Waals surface area contributed by atoms with Gasteiger partial charge in [0.15, 0.2) is 23.1 Å². The van der Waals surface area contributed by atoms with E-state index in [-0.39, 0.29) is 67.1 Å². The number of nitrogens with zero attached hydrogens (tertiary/aromatic N) is 1. The summed E-state index contributed by atoms with van der Waals surface area (Å²) in [6, 6.07) is 5.02. The number of carboxylic acids is 1. The van der Waals surface area contributed by atoms with Gasteiger partial charge < -0.3 is 14.9 Å². The molecule has 1 aromatic carbocycles. The zero-order valence-electron chi connectivity index (χ0n) is 21.2. The first-order valence-electron chi connectivity index (χ1n) is 12.9. The van der Waals surface area contributed by atoms with Crippen LogP contribution in [0.5, 0.6) is 11.5 Å². The van der Waals surface area contributed by atoms with Gasteiger partial charge in [0.05, 0.1) is 18.4 Å². The normalized spacial score (nSPS) is 26.5. The van der Waals surface area contributed by atoms with Gasteiger partial charge in [-0.1, -0.05) is 23.8 Å². The van der Waals surface area contributed by atoms with Crippen molar-refractivity contribution >= 4 is 29.4 Å². The molecule has 198 valence electrons. The first kappa shape index (κ1) is 25.6. The Morgan fingerprint density at radius 2 is 1.89 bits per heavy atom. The number of hydrogen-bond acceptors (Lipinski definition) is 7. The van der Waals surface area contributed by atoms with E-state index >= 15 is 0 Å². The molecule has 0 radical (unpaired) electrons. The highest BCUT2D eigenvalue weighted by Gasteiger charge is 2.56. The molecule has 0 unspecified atom stereocenters. The minimum absolute atomic E-state index is 0.0208. The summed E-state index contributed by atoms with van der Waals surface area (Å²) in [7, 11) is 0. The summed E-state index contributed by atoms with van der Waals surface area (Å²) in [4.78, 5) is 65.5. The number of allylic oxidation sites excluding steroid dienone is 6. The Hall–Kier alpha value is -4.01. The molecule has 4 atom stereocenters. The molecule has 1 fully saturated rings. The molecule has 2 N–H and O–H groups in total. The molecule has 0 saturated carbocycles. The van der Waals surface area contributed by atoms with E-state index in [1.54, 1.807) is 32.0 Å². The predicted molar refractivity (Wildman–Crippen MR) is 134 cm³/mol. The minimum atomic E-state index is -1.00. The summed E-state index contributed by atoms with van der Waals surface area (Å²) in [6.45, 7) is 3.71. The van der Waals surface area contributed by atoms with Crippen LogP contribution in [-0.2, 0) is 24.0 Å². The summed E-state index contributed by atoms with van der Waals surface area (Å²) in [5, 5.41) is 20.1. The lowest BCUT2D eigenvalue weighted by molar-refractivity contribution is -0.142. The SMILES string of the molecule is CCOc1cccc([C@H]2C3=CC[C@@H]4C(=O)N(CCCC(=O)O)C(=O)[C@@H]4[C@@H]3CC3=C2C(=O)C(C)=CC3=O)c1O. The van der Waals surface area contributed by atoms with Gasteiger partial charge in [0.2, 0.25) is 11.8 Å². The Bertz CT molecular complexity index is 1370. The molecular formula is C29H29NO8. The molecule has 5 rings (SSSR count). The number of Topliss-reactive ketones (excluding diaryl/α,β-unsaturated/α-hetero) is 1. The summed E-state index contributed by atoms with van der Waals surface area (Å²) in [5.74, 6) is -4.81. The molecule has 3 aliphatic carbocycles. The number of aliphatic carboxylic acids is 1. The van der Waals surface area contributed by atoms with Gasteiger partial charge in [-0.25, -0.2) is 0 Å². The van der Waals surface area contributed by atoms with Crippen LogP contribution in [0.15, 0.2) is 52.6 Å². The highest BCUT2D eigenvalue weighted by atomic mass is 16.5. The highest BCUT2D eigenvalue weighted by molar-refractivity contribution is 6.24. The molecule has 38 heavy (non-hydrogen) atoms. The van der Waals surface area contributed by atoms with Crippen molar-refractivity contribution in [1.82, 2.24) is 4.90 Å². The Kier molecular flexibility index (Phi) is 6.54. The average Bonchev–Trinajstić information content (AvgIpc) is 3.12. The van der Waals surface area contributed by atoms with E-state index in [9.17, 15) is 29.1 Å². The third kappa shape index (κ3) is 3.97. The maximum atomic E-state index is 13.6. The number of phenols is 1. The smallest absolute Gasteiger partial charge is 0.303 e. The second-order valence-corrected chi connectivity index (χ2v) is 10.2. The quantitative estimate of drug-likeness (QED) is 0.318. The lowest BCUT2D eigenvalue weighted by Gasteiger charge is -2.42. The maximum absolute atomic E-state index is 13.6. The molecule has 1 saturated heterocycles. The molecule has 2 amide bonds. The molecule has 9 heteroatoms. The number of benzene rings is 1. The number of phenolic OH excluding ortho intramolecular Hbond substituents is 1. The number of carbonyl (C=O) groups excluding carboxylic acids is 4.